The van der Waals surface area contributed by atoms with Crippen LogP contribution in [0.25, 0.3) is 5.57 Å². The number of allylic oxidation sites excluding steroid dienone is 1. The second-order valence-corrected chi connectivity index (χ2v) is 2.54. The van der Waals surface area contributed by atoms with Crippen LogP contribution >= 0.6 is 11.6 Å². The molecule has 1 rings (SSSR count). The van der Waals surface area contributed by atoms with Gasteiger partial charge in [0, 0.05) is 12.4 Å². The molecule has 10 heavy (non-hydrogen) atoms. The molecule has 0 aliphatic heterocycles. The molecule has 0 bridgehead atoms. The first-order valence-electron chi connectivity index (χ1n) is 2.97. The molecule has 2 heteroatoms. The molecule has 1 nitrogen and oxygen atoms in total. The highest BCUT2D eigenvalue weighted by atomic mass is 35.5. The maximum atomic E-state index is 5.80. The molecule has 0 radical (unpaired) electrons. The molecule has 0 saturated carbocycles. The molecule has 0 aliphatic rings. The van der Waals surface area contributed by atoms with Crippen LogP contribution in [0.5, 0.6) is 0 Å². The van der Waals surface area contributed by atoms with Crippen LogP contribution in [0.4, 0.5) is 0 Å². The van der Waals surface area contributed by atoms with Crippen molar-refractivity contribution in [3.8, 4) is 0 Å². The molecule has 1 aromatic heterocycles. The van der Waals surface area contributed by atoms with Crippen LogP contribution < -0.4 is 0 Å². The van der Waals surface area contributed by atoms with Gasteiger partial charge < -0.3 is 0 Å². The Kier molecular flexibility index (Phi) is 2.07. The minimum absolute atomic E-state index is 0.662. The summed E-state index contributed by atoms with van der Waals surface area (Å²) in [6.45, 7) is 5.69. The number of hydrogen-bond acceptors (Lipinski definition) is 1. The molecule has 0 unspecified atom stereocenters. The topological polar surface area (TPSA) is 12.9 Å². The summed E-state index contributed by atoms with van der Waals surface area (Å²) in [6.07, 6.45) is 3.32. The average molecular weight is 154 g/mol. The number of halogens is 1. The van der Waals surface area contributed by atoms with E-state index in [1.165, 1.54) is 0 Å². The maximum Gasteiger partial charge on any atom is 0.0664 e. The Morgan fingerprint density at radius 1 is 1.70 bits per heavy atom. The van der Waals surface area contributed by atoms with Crippen molar-refractivity contribution in [3.63, 3.8) is 0 Å². The molecular formula is C8H8ClN. The Morgan fingerprint density at radius 2 is 2.40 bits per heavy atom. The van der Waals surface area contributed by atoms with Gasteiger partial charge in [0.1, 0.15) is 0 Å². The van der Waals surface area contributed by atoms with Crippen molar-refractivity contribution in [2.24, 2.45) is 0 Å². The smallest absolute Gasteiger partial charge is 0.0664 e. The van der Waals surface area contributed by atoms with Crippen LogP contribution in [-0.4, -0.2) is 4.98 Å². The van der Waals surface area contributed by atoms with Crippen LogP contribution in [0.1, 0.15) is 12.5 Å². The third-order valence-electron chi connectivity index (χ3n) is 1.23. The summed E-state index contributed by atoms with van der Waals surface area (Å²) in [4.78, 5) is 3.85. The highest BCUT2D eigenvalue weighted by molar-refractivity contribution is 6.32. The van der Waals surface area contributed by atoms with Crippen LogP contribution in [0.15, 0.2) is 25.0 Å². The van der Waals surface area contributed by atoms with Crippen molar-refractivity contribution >= 4 is 17.2 Å². The number of hydrogen-bond donors (Lipinski definition) is 0. The lowest BCUT2D eigenvalue weighted by Crippen LogP contribution is -1.80. The number of aromatic nitrogens is 1. The molecule has 0 N–H and O–H groups in total. The Labute approximate surface area is 65.4 Å². The molecule has 0 aliphatic carbocycles. The van der Waals surface area contributed by atoms with Crippen molar-refractivity contribution in [2.45, 2.75) is 6.92 Å². The second-order valence-electron chi connectivity index (χ2n) is 2.14. The van der Waals surface area contributed by atoms with E-state index >= 15 is 0 Å². The molecule has 52 valence electrons. The van der Waals surface area contributed by atoms with Crippen LogP contribution in [-0.2, 0) is 0 Å². The van der Waals surface area contributed by atoms with E-state index in [0.29, 0.717) is 5.02 Å². The van der Waals surface area contributed by atoms with E-state index in [9.17, 15) is 0 Å². The van der Waals surface area contributed by atoms with E-state index in [-0.39, 0.29) is 0 Å². The highest BCUT2D eigenvalue weighted by Gasteiger charge is 1.97. The minimum Gasteiger partial charge on any atom is -0.263 e. The first-order chi connectivity index (χ1) is 4.72. The van der Waals surface area contributed by atoms with Gasteiger partial charge in [-0.25, -0.2) is 0 Å². The van der Waals surface area contributed by atoms with E-state index in [1.807, 2.05) is 13.0 Å². The summed E-state index contributed by atoms with van der Waals surface area (Å²) in [5, 5.41) is 0.662. The first-order valence-corrected chi connectivity index (χ1v) is 3.35. The molecule has 0 spiro atoms. The summed E-state index contributed by atoms with van der Waals surface area (Å²) in [5.74, 6) is 0. The second kappa shape index (κ2) is 2.84. The molecule has 0 aromatic carbocycles. The van der Waals surface area contributed by atoms with Crippen molar-refractivity contribution < 1.29 is 0 Å². The summed E-state index contributed by atoms with van der Waals surface area (Å²) < 4.78 is 0. The first kappa shape index (κ1) is 7.29. The van der Waals surface area contributed by atoms with E-state index < -0.39 is 0 Å². The van der Waals surface area contributed by atoms with Gasteiger partial charge in [0.05, 0.1) is 5.02 Å². The summed E-state index contributed by atoms with van der Waals surface area (Å²) in [5.41, 5.74) is 1.93. The van der Waals surface area contributed by atoms with E-state index in [4.69, 9.17) is 11.6 Å². The highest BCUT2D eigenvalue weighted by Crippen LogP contribution is 2.19. The van der Waals surface area contributed by atoms with Gasteiger partial charge in [-0.15, -0.1) is 0 Å². The predicted octanol–water partition coefficient (Wildman–Crippen LogP) is 2.77. The van der Waals surface area contributed by atoms with Gasteiger partial charge >= 0.3 is 0 Å². The zero-order valence-electron chi connectivity index (χ0n) is 5.76. The fourth-order valence-corrected chi connectivity index (χ4v) is 1.00. The summed E-state index contributed by atoms with van der Waals surface area (Å²) >= 11 is 5.80. The van der Waals surface area contributed by atoms with E-state index in [0.717, 1.165) is 11.1 Å². The standard InChI is InChI=1S/C8H8ClN/c1-6(2)7-3-4-10-5-8(7)9/h3-5H,1H2,2H3. The Morgan fingerprint density at radius 3 is 2.80 bits per heavy atom. The zero-order valence-corrected chi connectivity index (χ0v) is 6.52. The van der Waals surface area contributed by atoms with Gasteiger partial charge in [-0.1, -0.05) is 18.2 Å². The van der Waals surface area contributed by atoms with Crippen LogP contribution in [0.2, 0.25) is 5.02 Å². The Hall–Kier alpha value is -0.820. The van der Waals surface area contributed by atoms with Gasteiger partial charge in [0.25, 0.3) is 0 Å². The quantitative estimate of drug-likeness (QED) is 0.605. The summed E-state index contributed by atoms with van der Waals surface area (Å²) in [7, 11) is 0. The maximum absolute atomic E-state index is 5.80. The largest absolute Gasteiger partial charge is 0.263 e. The number of rotatable bonds is 1. The zero-order chi connectivity index (χ0) is 7.56. The van der Waals surface area contributed by atoms with Crippen LogP contribution in [0.3, 0.4) is 0 Å². The van der Waals surface area contributed by atoms with E-state index in [2.05, 4.69) is 11.6 Å². The fourth-order valence-electron chi connectivity index (χ4n) is 0.721. The molecule has 0 fully saturated rings. The molecule has 0 saturated heterocycles. The minimum atomic E-state index is 0.662. The van der Waals surface area contributed by atoms with Gasteiger partial charge in [0.2, 0.25) is 0 Å². The monoisotopic (exact) mass is 153 g/mol. The Bertz CT molecular complexity index is 255. The predicted molar refractivity (Wildman–Crippen MR) is 44.0 cm³/mol. The Balaban J connectivity index is 3.15. The van der Waals surface area contributed by atoms with Crippen molar-refractivity contribution in [3.05, 3.63) is 35.6 Å². The van der Waals surface area contributed by atoms with Crippen LogP contribution in [0, 0.1) is 0 Å². The SMILES string of the molecule is C=C(C)c1ccncc1Cl. The van der Waals surface area contributed by atoms with E-state index in [1.54, 1.807) is 12.4 Å². The lowest BCUT2D eigenvalue weighted by atomic mass is 10.1. The molecule has 0 amide bonds. The van der Waals surface area contributed by atoms with Crippen molar-refractivity contribution in [1.29, 1.82) is 0 Å². The number of pyridine rings is 1. The van der Waals surface area contributed by atoms with Gasteiger partial charge in [-0.3, -0.25) is 4.98 Å². The van der Waals surface area contributed by atoms with Gasteiger partial charge in [-0.05, 0) is 24.1 Å². The third kappa shape index (κ3) is 1.36. The lowest BCUT2D eigenvalue weighted by molar-refractivity contribution is 1.31. The molecule has 1 heterocycles. The van der Waals surface area contributed by atoms with Crippen molar-refractivity contribution in [1.82, 2.24) is 4.98 Å². The summed E-state index contributed by atoms with van der Waals surface area (Å²) in [6, 6.07) is 1.85. The molecule has 1 aromatic rings. The third-order valence-corrected chi connectivity index (χ3v) is 1.53. The fraction of sp³-hybridized carbons (Fsp3) is 0.125. The lowest BCUT2D eigenvalue weighted by Gasteiger charge is -1.99. The van der Waals surface area contributed by atoms with Gasteiger partial charge in [-0.2, -0.15) is 0 Å². The molecule has 0 atom stereocenters. The number of nitrogens with zero attached hydrogens (tertiary/aromatic N) is 1. The van der Waals surface area contributed by atoms with Crippen molar-refractivity contribution in [2.75, 3.05) is 0 Å². The van der Waals surface area contributed by atoms with Gasteiger partial charge in [0.15, 0.2) is 0 Å². The molecular weight excluding hydrogens is 146 g/mol. The normalized spacial score (nSPS) is 9.40. The average Bonchev–Trinajstić information content (AvgIpc) is 1.88.